The van der Waals surface area contributed by atoms with Crippen LogP contribution in [0.4, 0.5) is 5.82 Å². The second kappa shape index (κ2) is 4.10. The normalized spacial score (nSPS) is 12.2. The Balaban J connectivity index is 2.29. The molecule has 0 saturated carbocycles. The van der Waals surface area contributed by atoms with E-state index in [0.29, 0.717) is 5.82 Å². The van der Waals surface area contributed by atoms with Crippen molar-refractivity contribution >= 4 is 16.9 Å². The Morgan fingerprint density at radius 2 is 1.80 bits per heavy atom. The Hall–Kier alpha value is -2.30. The SMILES string of the molecule is Cc1ccc(-n2nc(C(C)(C)C)c3c(N)[nH]nc32)cc1. The van der Waals surface area contributed by atoms with Crippen LogP contribution in [-0.2, 0) is 5.41 Å². The van der Waals surface area contributed by atoms with E-state index in [-0.39, 0.29) is 5.41 Å². The summed E-state index contributed by atoms with van der Waals surface area (Å²) >= 11 is 0. The molecule has 20 heavy (non-hydrogen) atoms. The molecular weight excluding hydrogens is 250 g/mol. The molecule has 0 atom stereocenters. The maximum atomic E-state index is 6.02. The number of fused-ring (bicyclic) bond motifs is 1. The van der Waals surface area contributed by atoms with Gasteiger partial charge in [0.25, 0.3) is 0 Å². The number of nitrogens with zero attached hydrogens (tertiary/aromatic N) is 3. The Kier molecular flexibility index (Phi) is 2.61. The fourth-order valence-corrected chi connectivity index (χ4v) is 2.32. The van der Waals surface area contributed by atoms with Crippen LogP contribution < -0.4 is 5.73 Å². The summed E-state index contributed by atoms with van der Waals surface area (Å²) < 4.78 is 1.85. The minimum atomic E-state index is -0.0911. The number of rotatable bonds is 1. The van der Waals surface area contributed by atoms with Gasteiger partial charge < -0.3 is 5.73 Å². The van der Waals surface area contributed by atoms with Crippen molar-refractivity contribution in [1.29, 1.82) is 0 Å². The average molecular weight is 269 g/mol. The predicted molar refractivity (Wildman–Crippen MR) is 81.1 cm³/mol. The van der Waals surface area contributed by atoms with E-state index in [4.69, 9.17) is 10.8 Å². The van der Waals surface area contributed by atoms with Crippen LogP contribution in [0.1, 0.15) is 32.0 Å². The first kappa shape index (κ1) is 12.7. The molecule has 0 saturated heterocycles. The molecule has 2 aromatic heterocycles. The summed E-state index contributed by atoms with van der Waals surface area (Å²) in [4.78, 5) is 0. The number of aromatic nitrogens is 4. The van der Waals surface area contributed by atoms with E-state index in [1.165, 1.54) is 5.56 Å². The highest BCUT2D eigenvalue weighted by molar-refractivity contribution is 5.90. The second-order valence-electron chi connectivity index (χ2n) is 6.18. The van der Waals surface area contributed by atoms with Crippen LogP contribution in [0.5, 0.6) is 0 Å². The number of nitrogen functional groups attached to an aromatic ring is 1. The fraction of sp³-hybridized carbons (Fsp3) is 0.333. The molecule has 0 aliphatic rings. The van der Waals surface area contributed by atoms with E-state index in [1.807, 2.05) is 16.8 Å². The molecule has 3 rings (SSSR count). The Morgan fingerprint density at radius 3 is 2.40 bits per heavy atom. The molecule has 5 heteroatoms. The molecule has 0 fully saturated rings. The van der Waals surface area contributed by atoms with Crippen molar-refractivity contribution < 1.29 is 0 Å². The molecule has 0 amide bonds. The first-order chi connectivity index (χ1) is 9.38. The molecule has 1 aromatic carbocycles. The molecule has 0 unspecified atom stereocenters. The van der Waals surface area contributed by atoms with Gasteiger partial charge in [0, 0.05) is 5.41 Å². The lowest BCUT2D eigenvalue weighted by Gasteiger charge is -2.15. The van der Waals surface area contributed by atoms with Crippen molar-refractivity contribution in [2.24, 2.45) is 0 Å². The van der Waals surface area contributed by atoms with Crippen molar-refractivity contribution in [3.05, 3.63) is 35.5 Å². The minimum Gasteiger partial charge on any atom is -0.383 e. The van der Waals surface area contributed by atoms with Crippen molar-refractivity contribution in [3.8, 4) is 5.69 Å². The van der Waals surface area contributed by atoms with E-state index in [2.05, 4.69) is 50.0 Å². The first-order valence-corrected chi connectivity index (χ1v) is 6.68. The Morgan fingerprint density at radius 1 is 1.15 bits per heavy atom. The van der Waals surface area contributed by atoms with Crippen LogP contribution in [0, 0.1) is 6.92 Å². The number of anilines is 1. The van der Waals surface area contributed by atoms with Crippen LogP contribution in [0.15, 0.2) is 24.3 Å². The fourth-order valence-electron chi connectivity index (χ4n) is 2.32. The number of aryl methyl sites for hydroxylation is 1. The lowest BCUT2D eigenvalue weighted by molar-refractivity contribution is 0.564. The zero-order valence-electron chi connectivity index (χ0n) is 12.2. The van der Waals surface area contributed by atoms with Crippen LogP contribution in [-0.4, -0.2) is 20.0 Å². The number of nitrogens with two attached hydrogens (primary N) is 1. The Bertz CT molecular complexity index is 756. The molecule has 104 valence electrons. The quantitative estimate of drug-likeness (QED) is 0.713. The topological polar surface area (TPSA) is 72.5 Å². The van der Waals surface area contributed by atoms with Gasteiger partial charge in [-0.25, -0.2) is 4.68 Å². The summed E-state index contributed by atoms with van der Waals surface area (Å²) in [6, 6.07) is 8.21. The molecule has 0 radical (unpaired) electrons. The Labute approximate surface area is 117 Å². The van der Waals surface area contributed by atoms with Crippen molar-refractivity contribution in [1.82, 2.24) is 20.0 Å². The summed E-state index contributed by atoms with van der Waals surface area (Å²) in [6.07, 6.45) is 0. The van der Waals surface area contributed by atoms with E-state index in [0.717, 1.165) is 22.4 Å². The van der Waals surface area contributed by atoms with Crippen LogP contribution in [0.3, 0.4) is 0 Å². The largest absolute Gasteiger partial charge is 0.383 e. The van der Waals surface area contributed by atoms with E-state index in [9.17, 15) is 0 Å². The standard InChI is InChI=1S/C15H19N5/c1-9-5-7-10(8-6-9)20-14-11(13(16)17-18-14)12(19-20)15(2,3)4/h5-8H,1-4H3,(H3,16,17,18). The molecule has 0 bridgehead atoms. The van der Waals surface area contributed by atoms with Gasteiger partial charge in [-0.15, -0.1) is 0 Å². The molecule has 2 heterocycles. The number of H-pyrrole nitrogens is 1. The zero-order valence-corrected chi connectivity index (χ0v) is 12.2. The maximum Gasteiger partial charge on any atom is 0.186 e. The van der Waals surface area contributed by atoms with Crippen molar-refractivity contribution in [2.75, 3.05) is 5.73 Å². The smallest absolute Gasteiger partial charge is 0.186 e. The summed E-state index contributed by atoms with van der Waals surface area (Å²) in [5, 5.41) is 12.8. The predicted octanol–water partition coefficient (Wildman–Crippen LogP) is 2.94. The van der Waals surface area contributed by atoms with Crippen molar-refractivity contribution in [3.63, 3.8) is 0 Å². The average Bonchev–Trinajstić information content (AvgIpc) is 2.91. The highest BCUT2D eigenvalue weighted by Gasteiger charge is 2.26. The molecule has 3 N–H and O–H groups in total. The van der Waals surface area contributed by atoms with Gasteiger partial charge in [0.05, 0.1) is 16.8 Å². The van der Waals surface area contributed by atoms with Gasteiger partial charge in [0.15, 0.2) is 5.65 Å². The molecular formula is C15H19N5. The number of hydrogen-bond donors (Lipinski definition) is 2. The van der Waals surface area contributed by atoms with Gasteiger partial charge in [-0.05, 0) is 19.1 Å². The third-order valence-electron chi connectivity index (χ3n) is 3.40. The minimum absolute atomic E-state index is 0.0911. The van der Waals surface area contributed by atoms with Crippen LogP contribution in [0.25, 0.3) is 16.7 Å². The van der Waals surface area contributed by atoms with Crippen LogP contribution in [0.2, 0.25) is 0 Å². The highest BCUT2D eigenvalue weighted by Crippen LogP contribution is 2.32. The van der Waals surface area contributed by atoms with Gasteiger partial charge in [-0.2, -0.15) is 10.2 Å². The molecule has 5 nitrogen and oxygen atoms in total. The number of aromatic amines is 1. The van der Waals surface area contributed by atoms with E-state index in [1.54, 1.807) is 0 Å². The third-order valence-corrected chi connectivity index (χ3v) is 3.40. The van der Waals surface area contributed by atoms with Gasteiger partial charge >= 0.3 is 0 Å². The monoisotopic (exact) mass is 269 g/mol. The van der Waals surface area contributed by atoms with Crippen molar-refractivity contribution in [2.45, 2.75) is 33.1 Å². The molecule has 0 spiro atoms. The summed E-state index contributed by atoms with van der Waals surface area (Å²) in [6.45, 7) is 8.44. The van der Waals surface area contributed by atoms with Crippen LogP contribution >= 0.6 is 0 Å². The second-order valence-corrected chi connectivity index (χ2v) is 6.18. The lowest BCUT2D eigenvalue weighted by Crippen LogP contribution is -2.13. The number of hydrogen-bond acceptors (Lipinski definition) is 3. The van der Waals surface area contributed by atoms with Gasteiger partial charge in [-0.1, -0.05) is 38.5 Å². The van der Waals surface area contributed by atoms with E-state index >= 15 is 0 Å². The molecule has 3 aromatic rings. The zero-order chi connectivity index (χ0) is 14.5. The molecule has 0 aliphatic carbocycles. The van der Waals surface area contributed by atoms with E-state index < -0.39 is 0 Å². The first-order valence-electron chi connectivity index (χ1n) is 6.68. The lowest BCUT2D eigenvalue weighted by atomic mass is 9.91. The summed E-state index contributed by atoms with van der Waals surface area (Å²) in [7, 11) is 0. The van der Waals surface area contributed by atoms with Gasteiger partial charge in [-0.3, -0.25) is 5.10 Å². The summed E-state index contributed by atoms with van der Waals surface area (Å²) in [5.74, 6) is 0.572. The van der Waals surface area contributed by atoms with Gasteiger partial charge in [0.1, 0.15) is 5.82 Å². The number of nitrogens with one attached hydrogen (secondary N) is 1. The molecule has 0 aliphatic heterocycles. The third kappa shape index (κ3) is 1.86. The summed E-state index contributed by atoms with van der Waals surface area (Å²) in [5.41, 5.74) is 9.86. The highest BCUT2D eigenvalue weighted by atomic mass is 15.4. The maximum absolute atomic E-state index is 6.02. The van der Waals surface area contributed by atoms with Gasteiger partial charge in [0.2, 0.25) is 0 Å². The number of benzene rings is 1.